The van der Waals surface area contributed by atoms with Crippen LogP contribution in [0.3, 0.4) is 0 Å². The molecule has 3 rings (SSSR count). The SMILES string of the molecule is CCOc1cc(CO[C@@H]2[C@H]3OC(C)(C)O[C@H]3O[C@@H]2C(C)=O)ccc1Br. The first-order valence-electron chi connectivity index (χ1n) is 8.35. The van der Waals surface area contributed by atoms with Crippen molar-refractivity contribution in [2.75, 3.05) is 6.61 Å². The van der Waals surface area contributed by atoms with Gasteiger partial charge < -0.3 is 23.7 Å². The molecule has 2 aliphatic rings. The van der Waals surface area contributed by atoms with Gasteiger partial charge in [-0.15, -0.1) is 0 Å². The molecule has 0 radical (unpaired) electrons. The summed E-state index contributed by atoms with van der Waals surface area (Å²) in [5.41, 5.74) is 0.940. The molecule has 1 aromatic carbocycles. The molecule has 6 nitrogen and oxygen atoms in total. The number of benzene rings is 1. The highest BCUT2D eigenvalue weighted by Gasteiger charge is 2.56. The molecule has 0 aromatic heterocycles. The summed E-state index contributed by atoms with van der Waals surface area (Å²) in [7, 11) is 0. The second-order valence-electron chi connectivity index (χ2n) is 6.61. The molecule has 25 heavy (non-hydrogen) atoms. The third-order valence-electron chi connectivity index (χ3n) is 4.13. The molecular weight excluding hydrogens is 392 g/mol. The third kappa shape index (κ3) is 4.06. The third-order valence-corrected chi connectivity index (χ3v) is 4.78. The average Bonchev–Trinajstić information content (AvgIpc) is 3.00. The molecule has 7 heteroatoms. The highest BCUT2D eigenvalue weighted by molar-refractivity contribution is 9.10. The van der Waals surface area contributed by atoms with Crippen molar-refractivity contribution in [2.24, 2.45) is 0 Å². The standard InChI is InChI=1S/C18H23BrO6/c1-5-21-13-8-11(6-7-12(13)19)9-22-15-14(10(2)20)23-17-16(15)24-18(3,4)25-17/h6-8,14-17H,5,9H2,1-4H3/t14-,15+,16-,17-/m1/s1. The summed E-state index contributed by atoms with van der Waals surface area (Å²) >= 11 is 3.46. The number of carbonyl (C=O) groups excluding carboxylic acids is 1. The number of halogens is 1. The van der Waals surface area contributed by atoms with Gasteiger partial charge in [-0.3, -0.25) is 4.79 Å². The van der Waals surface area contributed by atoms with Crippen LogP contribution in [0, 0.1) is 0 Å². The van der Waals surface area contributed by atoms with Gasteiger partial charge >= 0.3 is 0 Å². The number of Topliss-reactive ketones (excluding diaryl/α,β-unsaturated/α-hetero) is 1. The summed E-state index contributed by atoms with van der Waals surface area (Å²) < 4.78 is 29.8. The van der Waals surface area contributed by atoms with Crippen molar-refractivity contribution < 1.29 is 28.5 Å². The molecule has 0 bridgehead atoms. The van der Waals surface area contributed by atoms with E-state index in [2.05, 4.69) is 15.9 Å². The molecule has 0 amide bonds. The average molecular weight is 415 g/mol. The monoisotopic (exact) mass is 414 g/mol. The van der Waals surface area contributed by atoms with Crippen LogP contribution in [0.2, 0.25) is 0 Å². The van der Waals surface area contributed by atoms with Gasteiger partial charge in [-0.25, -0.2) is 0 Å². The predicted molar refractivity (Wildman–Crippen MR) is 93.3 cm³/mol. The Labute approximate surface area is 155 Å². The Bertz CT molecular complexity index is 646. The van der Waals surface area contributed by atoms with Crippen molar-refractivity contribution in [2.45, 2.75) is 64.7 Å². The number of ether oxygens (including phenoxy) is 5. The Hall–Kier alpha value is -0.990. The minimum absolute atomic E-state index is 0.102. The molecule has 0 N–H and O–H groups in total. The lowest BCUT2D eigenvalue weighted by atomic mass is 10.1. The smallest absolute Gasteiger partial charge is 0.190 e. The van der Waals surface area contributed by atoms with Crippen LogP contribution in [0.4, 0.5) is 0 Å². The lowest BCUT2D eigenvalue weighted by Crippen LogP contribution is -2.39. The zero-order valence-corrected chi connectivity index (χ0v) is 16.4. The first kappa shape index (κ1) is 18.8. The molecule has 138 valence electrons. The van der Waals surface area contributed by atoms with Gasteiger partial charge in [0.1, 0.15) is 24.1 Å². The van der Waals surface area contributed by atoms with Crippen molar-refractivity contribution >= 4 is 21.7 Å². The van der Waals surface area contributed by atoms with Crippen molar-refractivity contribution in [3.05, 3.63) is 28.2 Å². The van der Waals surface area contributed by atoms with Gasteiger partial charge in [0.05, 0.1) is 17.7 Å². The maximum Gasteiger partial charge on any atom is 0.190 e. The fourth-order valence-corrected chi connectivity index (χ4v) is 3.45. The molecule has 0 spiro atoms. The number of carbonyl (C=O) groups is 1. The van der Waals surface area contributed by atoms with Crippen LogP contribution in [-0.2, 0) is 30.3 Å². The van der Waals surface area contributed by atoms with E-state index in [1.807, 2.05) is 39.0 Å². The Morgan fingerprint density at radius 1 is 1.32 bits per heavy atom. The maximum absolute atomic E-state index is 11.9. The summed E-state index contributed by atoms with van der Waals surface area (Å²) in [5.74, 6) is -0.0950. The minimum atomic E-state index is -0.752. The van der Waals surface area contributed by atoms with Gasteiger partial charge in [0.15, 0.2) is 17.9 Å². The second-order valence-corrected chi connectivity index (χ2v) is 7.46. The van der Waals surface area contributed by atoms with Crippen molar-refractivity contribution in [3.8, 4) is 5.75 Å². The lowest BCUT2D eigenvalue weighted by molar-refractivity contribution is -0.218. The molecule has 2 fully saturated rings. The summed E-state index contributed by atoms with van der Waals surface area (Å²) in [6.45, 7) is 7.95. The van der Waals surface area contributed by atoms with Gasteiger partial charge in [-0.1, -0.05) is 6.07 Å². The van der Waals surface area contributed by atoms with E-state index in [9.17, 15) is 4.79 Å². The van der Waals surface area contributed by atoms with E-state index in [1.165, 1.54) is 6.92 Å². The van der Waals surface area contributed by atoms with Crippen LogP contribution in [0.1, 0.15) is 33.3 Å². The van der Waals surface area contributed by atoms with Crippen LogP contribution in [0.25, 0.3) is 0 Å². The van der Waals surface area contributed by atoms with E-state index in [0.717, 1.165) is 15.8 Å². The van der Waals surface area contributed by atoms with Crippen molar-refractivity contribution in [3.63, 3.8) is 0 Å². The van der Waals surface area contributed by atoms with E-state index in [1.54, 1.807) is 0 Å². The molecule has 1 aromatic rings. The quantitative estimate of drug-likeness (QED) is 0.711. The maximum atomic E-state index is 11.9. The summed E-state index contributed by atoms with van der Waals surface area (Å²) in [4.78, 5) is 11.9. The predicted octanol–water partition coefficient (Wildman–Crippen LogP) is 3.20. The fraction of sp³-hybridized carbons (Fsp3) is 0.611. The number of fused-ring (bicyclic) bond motifs is 1. The number of hydrogen-bond acceptors (Lipinski definition) is 6. The fourth-order valence-electron chi connectivity index (χ4n) is 3.08. The summed E-state index contributed by atoms with van der Waals surface area (Å²) in [6, 6.07) is 5.77. The lowest BCUT2D eigenvalue weighted by Gasteiger charge is -2.24. The van der Waals surface area contributed by atoms with Gasteiger partial charge in [0.25, 0.3) is 0 Å². The molecular formula is C18H23BrO6. The molecule has 0 aliphatic carbocycles. The highest BCUT2D eigenvalue weighted by Crippen LogP contribution is 2.39. The number of ketones is 1. The molecule has 0 saturated carbocycles. The second kappa shape index (κ2) is 7.32. The Kier molecular flexibility index (Phi) is 5.51. The first-order valence-corrected chi connectivity index (χ1v) is 9.14. The summed E-state index contributed by atoms with van der Waals surface area (Å²) in [5, 5.41) is 0. The van der Waals surface area contributed by atoms with Crippen LogP contribution in [0.15, 0.2) is 22.7 Å². The van der Waals surface area contributed by atoms with E-state index in [0.29, 0.717) is 13.2 Å². The van der Waals surface area contributed by atoms with Gasteiger partial charge in [-0.2, -0.15) is 0 Å². The highest BCUT2D eigenvalue weighted by atomic mass is 79.9. The number of hydrogen-bond donors (Lipinski definition) is 0. The largest absolute Gasteiger partial charge is 0.493 e. The Morgan fingerprint density at radius 2 is 2.08 bits per heavy atom. The normalized spacial score (nSPS) is 30.3. The van der Waals surface area contributed by atoms with Crippen LogP contribution >= 0.6 is 15.9 Å². The Balaban J connectivity index is 1.72. The Morgan fingerprint density at radius 3 is 2.76 bits per heavy atom. The number of rotatable bonds is 6. The molecule has 2 saturated heterocycles. The van der Waals surface area contributed by atoms with Crippen LogP contribution in [0.5, 0.6) is 5.75 Å². The summed E-state index contributed by atoms with van der Waals surface area (Å²) in [6.07, 6.45) is -2.21. The van der Waals surface area contributed by atoms with E-state index < -0.39 is 30.4 Å². The van der Waals surface area contributed by atoms with Crippen LogP contribution in [-0.4, -0.2) is 42.8 Å². The molecule has 4 atom stereocenters. The van der Waals surface area contributed by atoms with Crippen molar-refractivity contribution in [1.82, 2.24) is 0 Å². The van der Waals surface area contributed by atoms with Gasteiger partial charge in [-0.05, 0) is 61.3 Å². The van der Waals surface area contributed by atoms with E-state index in [4.69, 9.17) is 23.7 Å². The molecule has 2 aliphatic heterocycles. The van der Waals surface area contributed by atoms with E-state index in [-0.39, 0.29) is 5.78 Å². The minimum Gasteiger partial charge on any atom is -0.493 e. The zero-order chi connectivity index (χ0) is 18.2. The van der Waals surface area contributed by atoms with E-state index >= 15 is 0 Å². The zero-order valence-electron chi connectivity index (χ0n) is 14.8. The molecule has 0 unspecified atom stereocenters. The first-order chi connectivity index (χ1) is 11.8. The van der Waals surface area contributed by atoms with Crippen LogP contribution < -0.4 is 4.74 Å². The van der Waals surface area contributed by atoms with Crippen molar-refractivity contribution in [1.29, 1.82) is 0 Å². The van der Waals surface area contributed by atoms with Gasteiger partial charge in [0.2, 0.25) is 0 Å². The van der Waals surface area contributed by atoms with Gasteiger partial charge in [0, 0.05) is 0 Å². The topological polar surface area (TPSA) is 63.2 Å². The molecule has 2 heterocycles.